The van der Waals surface area contributed by atoms with E-state index in [9.17, 15) is 0 Å². The van der Waals surface area contributed by atoms with Gasteiger partial charge in [-0.15, -0.1) is 0 Å². The highest BCUT2D eigenvalue weighted by atomic mass is 15.3. The van der Waals surface area contributed by atoms with Crippen LogP contribution in [0.15, 0.2) is 0 Å². The Kier molecular flexibility index (Phi) is 3.82. The van der Waals surface area contributed by atoms with Gasteiger partial charge in [0.05, 0.1) is 13.1 Å². The van der Waals surface area contributed by atoms with E-state index in [0.717, 1.165) is 6.04 Å². The van der Waals surface area contributed by atoms with Gasteiger partial charge in [-0.1, -0.05) is 12.8 Å². The number of quaternary nitrogens is 2. The van der Waals surface area contributed by atoms with E-state index in [1.54, 1.807) is 4.90 Å². The van der Waals surface area contributed by atoms with Gasteiger partial charge in [-0.25, -0.2) is 0 Å². The van der Waals surface area contributed by atoms with E-state index in [-0.39, 0.29) is 0 Å². The van der Waals surface area contributed by atoms with Crippen molar-refractivity contribution in [3.63, 3.8) is 0 Å². The van der Waals surface area contributed by atoms with Gasteiger partial charge in [-0.05, 0) is 25.7 Å². The first-order valence-corrected chi connectivity index (χ1v) is 6.52. The molecule has 14 heavy (non-hydrogen) atoms. The summed E-state index contributed by atoms with van der Waals surface area (Å²) >= 11 is 0. The third kappa shape index (κ3) is 2.71. The van der Waals surface area contributed by atoms with Gasteiger partial charge < -0.3 is 9.80 Å². The highest BCUT2D eigenvalue weighted by Crippen LogP contribution is 2.15. The lowest BCUT2D eigenvalue weighted by atomic mass is 10.1. The van der Waals surface area contributed by atoms with Crippen LogP contribution in [0.3, 0.4) is 0 Å². The molecule has 2 N–H and O–H groups in total. The van der Waals surface area contributed by atoms with E-state index in [0.29, 0.717) is 0 Å². The van der Waals surface area contributed by atoms with Gasteiger partial charge in [-0.2, -0.15) is 0 Å². The summed E-state index contributed by atoms with van der Waals surface area (Å²) in [5, 5.41) is 0. The largest absolute Gasteiger partial charge is 0.328 e. The molecule has 2 heteroatoms. The Hall–Kier alpha value is -0.0800. The molecule has 0 aromatic rings. The van der Waals surface area contributed by atoms with Gasteiger partial charge in [0.25, 0.3) is 0 Å². The zero-order valence-corrected chi connectivity index (χ0v) is 9.65. The first-order valence-electron chi connectivity index (χ1n) is 6.52. The van der Waals surface area contributed by atoms with Crippen molar-refractivity contribution in [1.29, 1.82) is 0 Å². The van der Waals surface area contributed by atoms with Crippen molar-refractivity contribution < 1.29 is 9.80 Å². The minimum atomic E-state index is 1.02. The zero-order chi connectivity index (χ0) is 9.80. The number of hydrogen-bond donors (Lipinski definition) is 2. The average molecular weight is 198 g/mol. The van der Waals surface area contributed by atoms with Gasteiger partial charge in [0.1, 0.15) is 26.2 Å². The van der Waals surface area contributed by atoms with E-state index >= 15 is 0 Å². The zero-order valence-electron chi connectivity index (χ0n) is 9.65. The van der Waals surface area contributed by atoms with E-state index in [2.05, 4.69) is 7.05 Å². The summed E-state index contributed by atoms with van der Waals surface area (Å²) in [6, 6.07) is 1.02. The molecule has 2 aliphatic rings. The van der Waals surface area contributed by atoms with E-state index in [4.69, 9.17) is 0 Å². The Balaban J connectivity index is 1.81. The van der Waals surface area contributed by atoms with Gasteiger partial charge >= 0.3 is 0 Å². The Morgan fingerprint density at radius 1 is 0.786 bits per heavy atom. The maximum Gasteiger partial charge on any atom is 0.127 e. The van der Waals surface area contributed by atoms with Crippen LogP contribution in [0.25, 0.3) is 0 Å². The molecule has 1 heterocycles. The number of nitrogens with one attached hydrogen (secondary N) is 2. The van der Waals surface area contributed by atoms with Gasteiger partial charge in [0, 0.05) is 0 Å². The lowest BCUT2D eigenvalue weighted by Gasteiger charge is -2.32. The van der Waals surface area contributed by atoms with Crippen LogP contribution in [0, 0.1) is 0 Å². The SMILES string of the molecule is C[NH+]1CC[NH+](C2CCCCCC2)CC1. The maximum atomic E-state index is 2.34. The summed E-state index contributed by atoms with van der Waals surface area (Å²) in [4.78, 5) is 3.67. The van der Waals surface area contributed by atoms with Crippen molar-refractivity contribution in [2.45, 2.75) is 44.6 Å². The van der Waals surface area contributed by atoms with E-state index < -0.39 is 0 Å². The molecule has 0 unspecified atom stereocenters. The Bertz CT molecular complexity index is 154. The third-order valence-corrected chi connectivity index (χ3v) is 4.18. The average Bonchev–Trinajstić information content (AvgIpc) is 2.47. The second-order valence-corrected chi connectivity index (χ2v) is 5.30. The van der Waals surface area contributed by atoms with Crippen molar-refractivity contribution >= 4 is 0 Å². The number of hydrogen-bond acceptors (Lipinski definition) is 0. The summed E-state index contributed by atoms with van der Waals surface area (Å²) in [6.07, 6.45) is 9.00. The third-order valence-electron chi connectivity index (χ3n) is 4.18. The smallest absolute Gasteiger partial charge is 0.127 e. The van der Waals surface area contributed by atoms with Crippen LogP contribution in [-0.2, 0) is 0 Å². The lowest BCUT2D eigenvalue weighted by Crippen LogP contribution is -3.28. The standard InChI is InChI=1S/C12H24N2/c1-13-8-10-14(11-9-13)12-6-4-2-3-5-7-12/h12H,2-11H2,1H3/p+2. The topological polar surface area (TPSA) is 8.88 Å². The summed E-state index contributed by atoms with van der Waals surface area (Å²) < 4.78 is 0. The van der Waals surface area contributed by atoms with Crippen LogP contribution in [0.1, 0.15) is 38.5 Å². The Morgan fingerprint density at radius 3 is 1.93 bits per heavy atom. The monoisotopic (exact) mass is 198 g/mol. The summed E-state index contributed by atoms with van der Waals surface area (Å²) in [5.41, 5.74) is 0. The van der Waals surface area contributed by atoms with Crippen LogP contribution in [-0.4, -0.2) is 39.3 Å². The molecule has 1 saturated carbocycles. The Morgan fingerprint density at radius 2 is 1.36 bits per heavy atom. The molecular weight excluding hydrogens is 172 g/mol. The minimum Gasteiger partial charge on any atom is -0.328 e. The maximum absolute atomic E-state index is 2.34. The van der Waals surface area contributed by atoms with Crippen molar-refractivity contribution in [3.05, 3.63) is 0 Å². The molecule has 0 aromatic carbocycles. The van der Waals surface area contributed by atoms with E-state index in [1.165, 1.54) is 64.7 Å². The summed E-state index contributed by atoms with van der Waals surface area (Å²) in [7, 11) is 2.34. The molecule has 2 nitrogen and oxygen atoms in total. The number of rotatable bonds is 1. The summed E-state index contributed by atoms with van der Waals surface area (Å²) in [5.74, 6) is 0. The molecule has 2 fully saturated rings. The van der Waals surface area contributed by atoms with Crippen molar-refractivity contribution in [1.82, 2.24) is 0 Å². The molecule has 2 rings (SSSR count). The fourth-order valence-corrected chi connectivity index (χ4v) is 3.09. The highest BCUT2D eigenvalue weighted by molar-refractivity contribution is 4.63. The molecule has 0 amide bonds. The first-order chi connectivity index (χ1) is 6.86. The summed E-state index contributed by atoms with van der Waals surface area (Å²) in [6.45, 7) is 5.64. The molecule has 0 bridgehead atoms. The van der Waals surface area contributed by atoms with Crippen LogP contribution >= 0.6 is 0 Å². The molecule has 0 spiro atoms. The van der Waals surface area contributed by atoms with Crippen molar-refractivity contribution in [2.75, 3.05) is 33.2 Å². The fraction of sp³-hybridized carbons (Fsp3) is 1.00. The second kappa shape index (κ2) is 5.13. The molecule has 82 valence electrons. The van der Waals surface area contributed by atoms with E-state index in [1.807, 2.05) is 4.90 Å². The van der Waals surface area contributed by atoms with Gasteiger partial charge in [0.2, 0.25) is 0 Å². The molecule has 0 atom stereocenters. The first kappa shape index (κ1) is 10.4. The van der Waals surface area contributed by atoms with Crippen LogP contribution < -0.4 is 9.80 Å². The predicted octanol–water partition coefficient (Wildman–Crippen LogP) is -0.878. The molecule has 1 aliphatic heterocycles. The lowest BCUT2D eigenvalue weighted by molar-refractivity contribution is -1.02. The number of piperazine rings is 1. The second-order valence-electron chi connectivity index (χ2n) is 5.30. The minimum absolute atomic E-state index is 1.02. The van der Waals surface area contributed by atoms with Crippen LogP contribution in [0.5, 0.6) is 0 Å². The highest BCUT2D eigenvalue weighted by Gasteiger charge is 2.27. The van der Waals surface area contributed by atoms with Crippen molar-refractivity contribution in [3.8, 4) is 0 Å². The van der Waals surface area contributed by atoms with Crippen LogP contribution in [0.2, 0.25) is 0 Å². The molecule has 0 radical (unpaired) electrons. The predicted molar refractivity (Wildman–Crippen MR) is 58.8 cm³/mol. The van der Waals surface area contributed by atoms with Crippen LogP contribution in [0.4, 0.5) is 0 Å². The molecule has 0 aromatic heterocycles. The Labute approximate surface area is 88.3 Å². The molecule has 1 aliphatic carbocycles. The fourth-order valence-electron chi connectivity index (χ4n) is 3.09. The quantitative estimate of drug-likeness (QED) is 0.507. The van der Waals surface area contributed by atoms with Crippen molar-refractivity contribution in [2.24, 2.45) is 0 Å². The molecular formula is C12H26N2+2. The van der Waals surface area contributed by atoms with Gasteiger partial charge in [0.15, 0.2) is 0 Å². The van der Waals surface area contributed by atoms with Gasteiger partial charge in [-0.3, -0.25) is 0 Å². The molecule has 1 saturated heterocycles. The normalized spacial score (nSPS) is 36.6. The number of likely N-dealkylation sites (N-methyl/N-ethyl adjacent to an activating group) is 1.